The van der Waals surface area contributed by atoms with Crippen LogP contribution in [0.2, 0.25) is 0 Å². The van der Waals surface area contributed by atoms with E-state index in [1.54, 1.807) is 0 Å². The van der Waals surface area contributed by atoms with Gasteiger partial charge in [0.2, 0.25) is 5.91 Å². The number of nitrogens with zero attached hydrogens (tertiary/aromatic N) is 2. The Morgan fingerprint density at radius 2 is 2.20 bits per heavy atom. The van der Waals surface area contributed by atoms with E-state index in [0.29, 0.717) is 12.6 Å². The molecule has 0 saturated carbocycles. The molecule has 4 nitrogen and oxygen atoms in total. The van der Waals surface area contributed by atoms with Crippen LogP contribution in [0.1, 0.15) is 20.3 Å². The van der Waals surface area contributed by atoms with Crippen molar-refractivity contribution >= 4 is 5.91 Å². The van der Waals surface area contributed by atoms with Gasteiger partial charge in [0.25, 0.3) is 0 Å². The van der Waals surface area contributed by atoms with Gasteiger partial charge in [0.15, 0.2) is 0 Å². The molecule has 0 aromatic rings. The first kappa shape index (κ1) is 12.5. The normalized spacial score (nSPS) is 25.3. The smallest absolute Gasteiger partial charge is 0.227 e. The Kier molecular flexibility index (Phi) is 4.54. The van der Waals surface area contributed by atoms with E-state index in [4.69, 9.17) is 5.73 Å². The molecule has 0 aromatic carbocycles. The van der Waals surface area contributed by atoms with Gasteiger partial charge >= 0.3 is 0 Å². The molecule has 2 atom stereocenters. The van der Waals surface area contributed by atoms with Crippen molar-refractivity contribution in [2.24, 2.45) is 11.7 Å². The Labute approximate surface area is 92.4 Å². The van der Waals surface area contributed by atoms with Gasteiger partial charge in [-0.3, -0.25) is 4.79 Å². The lowest BCUT2D eigenvalue weighted by Crippen LogP contribution is -2.54. The second-order valence-electron chi connectivity index (χ2n) is 4.48. The molecule has 1 fully saturated rings. The number of rotatable bonds is 3. The highest BCUT2D eigenvalue weighted by molar-refractivity contribution is 5.79. The number of carbonyl (C=O) groups excluding carboxylic acids is 1. The molecule has 0 bridgehead atoms. The van der Waals surface area contributed by atoms with Gasteiger partial charge in [-0.05, 0) is 20.4 Å². The number of carbonyl (C=O) groups is 1. The highest BCUT2D eigenvalue weighted by Gasteiger charge is 2.29. The maximum Gasteiger partial charge on any atom is 0.227 e. The summed E-state index contributed by atoms with van der Waals surface area (Å²) in [4.78, 5) is 16.4. The standard InChI is InChI=1S/C11H23N3O/c1-4-10(7-12)11(15)14-6-5-13(3)8-9(14)2/h9-10H,4-8,12H2,1-3H3. The third-order valence-corrected chi connectivity index (χ3v) is 3.24. The first-order chi connectivity index (χ1) is 7.10. The molecule has 2 N–H and O–H groups in total. The molecule has 0 radical (unpaired) electrons. The first-order valence-corrected chi connectivity index (χ1v) is 5.79. The Morgan fingerprint density at radius 1 is 1.53 bits per heavy atom. The number of piperazine rings is 1. The van der Waals surface area contributed by atoms with E-state index in [1.165, 1.54) is 0 Å². The minimum atomic E-state index is 0.0101. The molecule has 1 aliphatic rings. The predicted octanol–water partition coefficient (Wildman–Crippen LogP) is 0.134. The Bertz CT molecular complexity index is 216. The van der Waals surface area contributed by atoms with Gasteiger partial charge in [0, 0.05) is 32.2 Å². The third kappa shape index (κ3) is 2.92. The quantitative estimate of drug-likeness (QED) is 0.725. The summed E-state index contributed by atoms with van der Waals surface area (Å²) in [7, 11) is 2.10. The molecule has 0 spiro atoms. The summed E-state index contributed by atoms with van der Waals surface area (Å²) in [6.07, 6.45) is 0.842. The van der Waals surface area contributed by atoms with E-state index < -0.39 is 0 Å². The van der Waals surface area contributed by atoms with Gasteiger partial charge in [-0.1, -0.05) is 6.92 Å². The average molecular weight is 213 g/mol. The molecule has 1 rings (SSSR count). The summed E-state index contributed by atoms with van der Waals surface area (Å²) >= 11 is 0. The van der Waals surface area contributed by atoms with E-state index in [9.17, 15) is 4.79 Å². The van der Waals surface area contributed by atoms with Crippen LogP contribution in [0.5, 0.6) is 0 Å². The summed E-state index contributed by atoms with van der Waals surface area (Å²) in [5.74, 6) is 0.247. The molecule has 1 amide bonds. The van der Waals surface area contributed by atoms with Gasteiger partial charge in [-0.2, -0.15) is 0 Å². The Balaban J connectivity index is 2.59. The lowest BCUT2D eigenvalue weighted by atomic mass is 10.0. The van der Waals surface area contributed by atoms with Crippen LogP contribution in [0.3, 0.4) is 0 Å². The second kappa shape index (κ2) is 5.47. The lowest BCUT2D eigenvalue weighted by Gasteiger charge is -2.39. The van der Waals surface area contributed by atoms with Crippen LogP contribution in [0.25, 0.3) is 0 Å². The molecule has 0 aliphatic carbocycles. The van der Waals surface area contributed by atoms with Crippen molar-refractivity contribution in [3.05, 3.63) is 0 Å². The monoisotopic (exact) mass is 213 g/mol. The number of nitrogens with two attached hydrogens (primary N) is 1. The van der Waals surface area contributed by atoms with Crippen LogP contribution in [0, 0.1) is 5.92 Å². The zero-order chi connectivity index (χ0) is 11.4. The summed E-state index contributed by atoms with van der Waals surface area (Å²) in [6.45, 7) is 7.37. The maximum atomic E-state index is 12.1. The zero-order valence-corrected chi connectivity index (χ0v) is 10.1. The van der Waals surface area contributed by atoms with Crippen LogP contribution in [-0.2, 0) is 4.79 Å². The first-order valence-electron chi connectivity index (χ1n) is 5.79. The minimum Gasteiger partial charge on any atom is -0.337 e. The highest BCUT2D eigenvalue weighted by Crippen LogP contribution is 2.13. The van der Waals surface area contributed by atoms with Crippen molar-refractivity contribution in [2.45, 2.75) is 26.3 Å². The van der Waals surface area contributed by atoms with E-state index in [0.717, 1.165) is 26.1 Å². The van der Waals surface area contributed by atoms with Crippen LogP contribution in [-0.4, -0.2) is 55.0 Å². The number of hydrogen-bond acceptors (Lipinski definition) is 3. The maximum absolute atomic E-state index is 12.1. The second-order valence-corrected chi connectivity index (χ2v) is 4.48. The topological polar surface area (TPSA) is 49.6 Å². The molecule has 1 aliphatic heterocycles. The summed E-state index contributed by atoms with van der Waals surface area (Å²) in [5.41, 5.74) is 5.61. The van der Waals surface area contributed by atoms with Gasteiger partial charge in [-0.25, -0.2) is 0 Å². The minimum absolute atomic E-state index is 0.0101. The Morgan fingerprint density at radius 3 is 2.67 bits per heavy atom. The van der Waals surface area contributed by atoms with Crippen LogP contribution >= 0.6 is 0 Å². The van der Waals surface area contributed by atoms with Crippen LogP contribution in [0.15, 0.2) is 0 Å². The highest BCUT2D eigenvalue weighted by atomic mass is 16.2. The molecule has 2 unspecified atom stereocenters. The molecular formula is C11H23N3O. The van der Waals surface area contributed by atoms with Crippen molar-refractivity contribution in [1.29, 1.82) is 0 Å². The van der Waals surface area contributed by atoms with Crippen molar-refractivity contribution < 1.29 is 4.79 Å². The third-order valence-electron chi connectivity index (χ3n) is 3.24. The van der Waals surface area contributed by atoms with Gasteiger partial charge in [0.1, 0.15) is 0 Å². The fourth-order valence-corrected chi connectivity index (χ4v) is 2.14. The number of amides is 1. The SMILES string of the molecule is CCC(CN)C(=O)N1CCN(C)CC1C. The molecule has 4 heteroatoms. The largest absolute Gasteiger partial charge is 0.337 e. The van der Waals surface area contributed by atoms with E-state index in [-0.39, 0.29) is 11.8 Å². The molecule has 1 heterocycles. The zero-order valence-electron chi connectivity index (χ0n) is 10.1. The summed E-state index contributed by atoms with van der Waals surface area (Å²) in [5, 5.41) is 0. The fourth-order valence-electron chi connectivity index (χ4n) is 2.14. The van der Waals surface area contributed by atoms with Gasteiger partial charge < -0.3 is 15.5 Å². The number of hydrogen-bond donors (Lipinski definition) is 1. The fraction of sp³-hybridized carbons (Fsp3) is 0.909. The summed E-state index contributed by atoms with van der Waals surface area (Å²) < 4.78 is 0. The van der Waals surface area contributed by atoms with Crippen LogP contribution < -0.4 is 5.73 Å². The molecule has 88 valence electrons. The van der Waals surface area contributed by atoms with Crippen molar-refractivity contribution in [3.8, 4) is 0 Å². The van der Waals surface area contributed by atoms with Gasteiger partial charge in [0.05, 0.1) is 5.92 Å². The van der Waals surface area contributed by atoms with E-state index >= 15 is 0 Å². The van der Waals surface area contributed by atoms with Crippen molar-refractivity contribution in [1.82, 2.24) is 9.80 Å². The number of likely N-dealkylation sites (N-methyl/N-ethyl adjacent to an activating group) is 1. The van der Waals surface area contributed by atoms with Crippen LogP contribution in [0.4, 0.5) is 0 Å². The van der Waals surface area contributed by atoms with E-state index in [1.807, 2.05) is 11.8 Å². The van der Waals surface area contributed by atoms with E-state index in [2.05, 4.69) is 18.9 Å². The molecular weight excluding hydrogens is 190 g/mol. The lowest BCUT2D eigenvalue weighted by molar-refractivity contribution is -0.139. The average Bonchev–Trinajstić information content (AvgIpc) is 2.19. The molecule has 0 aromatic heterocycles. The summed E-state index contributed by atoms with van der Waals surface area (Å²) in [6, 6.07) is 0.317. The Hall–Kier alpha value is -0.610. The van der Waals surface area contributed by atoms with Crippen molar-refractivity contribution in [3.63, 3.8) is 0 Å². The predicted molar refractivity (Wildman–Crippen MR) is 61.5 cm³/mol. The molecule has 1 saturated heterocycles. The van der Waals surface area contributed by atoms with Gasteiger partial charge in [-0.15, -0.1) is 0 Å². The van der Waals surface area contributed by atoms with Crippen molar-refractivity contribution in [2.75, 3.05) is 33.2 Å². The molecule has 15 heavy (non-hydrogen) atoms.